The second kappa shape index (κ2) is 12.0. The first-order valence-corrected chi connectivity index (χ1v) is 11.5. The smallest absolute Gasteiger partial charge is 0.303 e. The Labute approximate surface area is 196 Å². The molecular formula is C25H27NO6S. The molecule has 1 aromatic heterocycles. The lowest BCUT2D eigenvalue weighted by molar-refractivity contribution is -0.137. The van der Waals surface area contributed by atoms with Crippen molar-refractivity contribution in [3.05, 3.63) is 81.5 Å². The fourth-order valence-corrected chi connectivity index (χ4v) is 3.97. The number of carboxylic acid groups (broad SMARTS) is 1. The molecule has 7 nitrogen and oxygen atoms in total. The zero-order valence-corrected chi connectivity index (χ0v) is 19.1. The first-order valence-electron chi connectivity index (χ1n) is 10.6. The minimum absolute atomic E-state index is 0.0839. The van der Waals surface area contributed by atoms with Gasteiger partial charge in [0.25, 0.3) is 5.91 Å². The molecule has 0 aliphatic heterocycles. The molecule has 1 amide bonds. The maximum Gasteiger partial charge on any atom is 0.303 e. The summed E-state index contributed by atoms with van der Waals surface area (Å²) in [5.74, 6) is -0.514. The average molecular weight is 470 g/mol. The zero-order chi connectivity index (χ0) is 23.6. The summed E-state index contributed by atoms with van der Waals surface area (Å²) in [5, 5.41) is 24.9. The van der Waals surface area contributed by atoms with Gasteiger partial charge in [-0.3, -0.25) is 9.59 Å². The van der Waals surface area contributed by atoms with Gasteiger partial charge in [0.1, 0.15) is 24.2 Å². The van der Waals surface area contributed by atoms with Crippen molar-refractivity contribution in [1.82, 2.24) is 5.32 Å². The normalized spacial score (nSPS) is 11.6. The molecule has 8 heteroatoms. The van der Waals surface area contributed by atoms with Crippen LogP contribution in [0.1, 0.15) is 46.0 Å². The molecule has 1 atom stereocenters. The minimum atomic E-state index is -0.925. The molecule has 0 bridgehead atoms. The summed E-state index contributed by atoms with van der Waals surface area (Å²) in [4.78, 5) is 24.0. The maximum absolute atomic E-state index is 12.7. The number of rotatable bonds is 12. The van der Waals surface area contributed by atoms with Crippen LogP contribution >= 0.6 is 11.3 Å². The molecule has 2 aromatic carbocycles. The minimum Gasteiger partial charge on any atom is -0.489 e. The number of amides is 1. The van der Waals surface area contributed by atoms with Crippen molar-refractivity contribution >= 4 is 23.2 Å². The van der Waals surface area contributed by atoms with E-state index in [1.54, 1.807) is 29.5 Å². The van der Waals surface area contributed by atoms with Gasteiger partial charge in [-0.1, -0.05) is 24.3 Å². The Hall–Kier alpha value is -3.36. The Bertz CT molecular complexity index is 1070. The number of carbonyl (C=O) groups excluding carboxylic acids is 1. The van der Waals surface area contributed by atoms with Gasteiger partial charge < -0.3 is 25.0 Å². The quantitative estimate of drug-likeness (QED) is 0.364. The number of aryl methyl sites for hydroxylation is 1. The van der Waals surface area contributed by atoms with Gasteiger partial charge in [-0.15, -0.1) is 0 Å². The van der Waals surface area contributed by atoms with Crippen LogP contribution in [0.4, 0.5) is 0 Å². The first-order chi connectivity index (χ1) is 16.0. The second-order valence-corrected chi connectivity index (χ2v) is 8.23. The van der Waals surface area contributed by atoms with Crippen LogP contribution in [0.3, 0.4) is 0 Å². The monoisotopic (exact) mass is 469 g/mol. The number of carbonyl (C=O) groups is 2. The van der Waals surface area contributed by atoms with Gasteiger partial charge >= 0.3 is 5.97 Å². The summed E-state index contributed by atoms with van der Waals surface area (Å²) >= 11 is 1.58. The predicted octanol–water partition coefficient (Wildman–Crippen LogP) is 4.34. The molecule has 1 heterocycles. The number of benzene rings is 2. The molecule has 0 aliphatic carbocycles. The van der Waals surface area contributed by atoms with Crippen molar-refractivity contribution < 1.29 is 29.3 Å². The maximum atomic E-state index is 12.7. The molecule has 3 N–H and O–H groups in total. The molecule has 174 valence electrons. The van der Waals surface area contributed by atoms with E-state index in [1.165, 1.54) is 0 Å². The Balaban J connectivity index is 1.91. The number of nitrogens with one attached hydrogen (secondary N) is 1. The largest absolute Gasteiger partial charge is 0.489 e. The zero-order valence-electron chi connectivity index (χ0n) is 18.3. The van der Waals surface area contributed by atoms with Gasteiger partial charge in [-0.05, 0) is 59.0 Å². The SMILES string of the molecule is Cc1ccccc1[C@H](CCC(=O)O)Oc1cc(OCc2ccsc2)ccc1C(=O)NCCO. The fraction of sp³-hybridized carbons (Fsp3) is 0.280. The van der Waals surface area contributed by atoms with Crippen molar-refractivity contribution in [2.75, 3.05) is 13.2 Å². The van der Waals surface area contributed by atoms with Crippen molar-refractivity contribution in [2.45, 2.75) is 32.5 Å². The molecule has 0 fully saturated rings. The summed E-state index contributed by atoms with van der Waals surface area (Å²) in [7, 11) is 0. The van der Waals surface area contributed by atoms with E-state index < -0.39 is 18.0 Å². The Morgan fingerprint density at radius 3 is 2.67 bits per heavy atom. The predicted molar refractivity (Wildman–Crippen MR) is 126 cm³/mol. The Morgan fingerprint density at radius 1 is 1.15 bits per heavy atom. The highest BCUT2D eigenvalue weighted by Crippen LogP contribution is 2.33. The van der Waals surface area contributed by atoms with Gasteiger partial charge in [0.05, 0.1) is 12.2 Å². The standard InChI is InChI=1S/C25H27NO6S/c1-17-4-2-3-5-20(17)22(8-9-24(28)29)32-23-14-19(31-15-18-10-13-33-16-18)6-7-21(23)25(30)26-11-12-27/h2-7,10,13-14,16,22,27H,8-9,11-12,15H2,1H3,(H,26,30)(H,28,29)/t22-/m0/s1. The third kappa shape index (κ3) is 7.06. The summed E-state index contributed by atoms with van der Waals surface area (Å²) in [6, 6.07) is 14.5. The van der Waals surface area contributed by atoms with Gasteiger partial charge in [0.15, 0.2) is 0 Å². The highest BCUT2D eigenvalue weighted by Gasteiger charge is 2.21. The average Bonchev–Trinajstić information content (AvgIpc) is 3.33. The van der Waals surface area contributed by atoms with Gasteiger partial charge in [0, 0.05) is 19.0 Å². The van der Waals surface area contributed by atoms with Crippen LogP contribution < -0.4 is 14.8 Å². The molecule has 0 saturated heterocycles. The van der Waals surface area contributed by atoms with Gasteiger partial charge in [-0.2, -0.15) is 11.3 Å². The van der Waals surface area contributed by atoms with Crippen molar-refractivity contribution in [3.8, 4) is 11.5 Å². The van der Waals surface area contributed by atoms with Crippen molar-refractivity contribution in [3.63, 3.8) is 0 Å². The topological polar surface area (TPSA) is 105 Å². The first kappa shape index (κ1) is 24.3. The molecule has 0 saturated carbocycles. The Morgan fingerprint density at radius 2 is 1.97 bits per heavy atom. The van der Waals surface area contributed by atoms with E-state index in [4.69, 9.17) is 14.6 Å². The van der Waals surface area contributed by atoms with E-state index in [-0.39, 0.29) is 37.3 Å². The molecule has 0 unspecified atom stereocenters. The van der Waals surface area contributed by atoms with Crippen LogP contribution in [0, 0.1) is 6.92 Å². The number of hydrogen-bond acceptors (Lipinski definition) is 6. The number of hydrogen-bond donors (Lipinski definition) is 3. The third-order valence-electron chi connectivity index (χ3n) is 5.01. The van der Waals surface area contributed by atoms with Gasteiger partial charge in [0.2, 0.25) is 0 Å². The molecular weight excluding hydrogens is 442 g/mol. The van der Waals surface area contributed by atoms with Crippen molar-refractivity contribution in [1.29, 1.82) is 0 Å². The number of carboxylic acids is 1. The molecule has 0 aliphatic rings. The van der Waals surface area contributed by atoms with E-state index in [0.717, 1.165) is 16.7 Å². The van der Waals surface area contributed by atoms with Crippen LogP contribution in [0.2, 0.25) is 0 Å². The number of aliphatic carboxylic acids is 1. The van der Waals surface area contributed by atoms with E-state index in [0.29, 0.717) is 12.4 Å². The summed E-state index contributed by atoms with van der Waals surface area (Å²) in [6.45, 7) is 2.23. The van der Waals surface area contributed by atoms with E-state index in [9.17, 15) is 14.7 Å². The highest BCUT2D eigenvalue weighted by atomic mass is 32.1. The van der Waals surface area contributed by atoms with Crippen molar-refractivity contribution in [2.24, 2.45) is 0 Å². The number of aliphatic hydroxyl groups excluding tert-OH is 1. The number of aliphatic hydroxyl groups is 1. The molecule has 0 radical (unpaired) electrons. The van der Waals surface area contributed by atoms with Crippen LogP contribution in [0.15, 0.2) is 59.3 Å². The van der Waals surface area contributed by atoms with Gasteiger partial charge in [-0.25, -0.2) is 0 Å². The van der Waals surface area contributed by atoms with Crippen LogP contribution in [-0.4, -0.2) is 35.2 Å². The molecule has 33 heavy (non-hydrogen) atoms. The highest BCUT2D eigenvalue weighted by molar-refractivity contribution is 7.07. The van der Waals surface area contributed by atoms with E-state index >= 15 is 0 Å². The van der Waals surface area contributed by atoms with Crippen LogP contribution in [-0.2, 0) is 11.4 Å². The van der Waals surface area contributed by atoms with E-state index in [2.05, 4.69) is 5.32 Å². The summed E-state index contributed by atoms with van der Waals surface area (Å²) in [5.41, 5.74) is 3.13. The summed E-state index contributed by atoms with van der Waals surface area (Å²) < 4.78 is 12.2. The lowest BCUT2D eigenvalue weighted by Crippen LogP contribution is -2.27. The summed E-state index contributed by atoms with van der Waals surface area (Å²) in [6.07, 6.45) is -0.420. The van der Waals surface area contributed by atoms with Crippen LogP contribution in [0.5, 0.6) is 11.5 Å². The Kier molecular flexibility index (Phi) is 8.86. The number of ether oxygens (including phenoxy) is 2. The molecule has 3 rings (SSSR count). The lowest BCUT2D eigenvalue weighted by atomic mass is 9.99. The lowest BCUT2D eigenvalue weighted by Gasteiger charge is -2.23. The van der Waals surface area contributed by atoms with E-state index in [1.807, 2.05) is 48.0 Å². The molecule has 3 aromatic rings. The third-order valence-corrected chi connectivity index (χ3v) is 5.74. The number of thiophene rings is 1. The van der Waals surface area contributed by atoms with Crippen LogP contribution in [0.25, 0.3) is 0 Å². The second-order valence-electron chi connectivity index (χ2n) is 7.45. The fourth-order valence-electron chi connectivity index (χ4n) is 3.32. The molecule has 0 spiro atoms.